The predicted octanol–water partition coefficient (Wildman–Crippen LogP) is 2.15. The number of amides is 3. The highest BCUT2D eigenvalue weighted by atomic mass is 16.2. The zero-order chi connectivity index (χ0) is 22.2. The summed E-state index contributed by atoms with van der Waals surface area (Å²) in [6.45, 7) is 2.51. The minimum atomic E-state index is -0.746. The van der Waals surface area contributed by atoms with Crippen LogP contribution in [0, 0.1) is 0 Å². The Hall–Kier alpha value is -3.42. The fraction of sp³-hybridized carbons (Fsp3) is 0.391. The molecular formula is C23H27N5O3. The van der Waals surface area contributed by atoms with E-state index >= 15 is 0 Å². The SMILES string of the molecule is CN(C)c1ncccc1CNC(=O)CCN1C(=O)c2ccccc2N2C(=O)CCC12C. The van der Waals surface area contributed by atoms with Crippen LogP contribution in [-0.4, -0.2) is 53.9 Å². The number of anilines is 2. The smallest absolute Gasteiger partial charge is 0.257 e. The van der Waals surface area contributed by atoms with Gasteiger partial charge in [-0.25, -0.2) is 4.98 Å². The fourth-order valence-electron chi connectivity index (χ4n) is 4.51. The summed E-state index contributed by atoms with van der Waals surface area (Å²) >= 11 is 0. The van der Waals surface area contributed by atoms with E-state index in [1.165, 1.54) is 0 Å². The maximum atomic E-state index is 13.2. The molecule has 0 spiro atoms. The highest BCUT2D eigenvalue weighted by Crippen LogP contribution is 2.43. The topological polar surface area (TPSA) is 85.8 Å². The van der Waals surface area contributed by atoms with Crippen LogP contribution in [0.1, 0.15) is 42.1 Å². The maximum absolute atomic E-state index is 13.2. The molecule has 2 aliphatic rings. The lowest BCUT2D eigenvalue weighted by molar-refractivity contribution is -0.121. The number of carbonyl (C=O) groups excluding carboxylic acids is 3. The van der Waals surface area contributed by atoms with Crippen LogP contribution in [0.15, 0.2) is 42.6 Å². The Kier molecular flexibility index (Phi) is 5.39. The van der Waals surface area contributed by atoms with Crippen molar-refractivity contribution >= 4 is 29.2 Å². The van der Waals surface area contributed by atoms with E-state index in [9.17, 15) is 14.4 Å². The van der Waals surface area contributed by atoms with Gasteiger partial charge in [0.2, 0.25) is 11.8 Å². The van der Waals surface area contributed by atoms with E-state index in [1.54, 1.807) is 28.1 Å². The van der Waals surface area contributed by atoms with Gasteiger partial charge >= 0.3 is 0 Å². The Labute approximate surface area is 181 Å². The number of pyridine rings is 1. The zero-order valence-electron chi connectivity index (χ0n) is 18.1. The number of hydrogen-bond acceptors (Lipinski definition) is 5. The summed E-state index contributed by atoms with van der Waals surface area (Å²) in [6.07, 6.45) is 2.81. The van der Waals surface area contributed by atoms with E-state index < -0.39 is 5.66 Å². The molecule has 1 N–H and O–H groups in total. The number of nitrogens with one attached hydrogen (secondary N) is 1. The monoisotopic (exact) mass is 421 g/mol. The molecule has 31 heavy (non-hydrogen) atoms. The Balaban J connectivity index is 1.46. The lowest BCUT2D eigenvalue weighted by Gasteiger charge is -2.48. The number of carbonyl (C=O) groups is 3. The zero-order valence-corrected chi connectivity index (χ0v) is 18.1. The molecule has 3 heterocycles. The van der Waals surface area contributed by atoms with Crippen molar-refractivity contribution in [1.29, 1.82) is 0 Å². The number of rotatable bonds is 6. The average Bonchev–Trinajstić information content (AvgIpc) is 3.07. The molecule has 1 unspecified atom stereocenters. The second kappa shape index (κ2) is 8.02. The first-order valence-electron chi connectivity index (χ1n) is 10.4. The summed E-state index contributed by atoms with van der Waals surface area (Å²) in [5.41, 5.74) is 1.33. The van der Waals surface area contributed by atoms with Gasteiger partial charge in [-0.2, -0.15) is 0 Å². The van der Waals surface area contributed by atoms with Crippen molar-refractivity contribution in [3.8, 4) is 0 Å². The number of para-hydroxylation sites is 1. The number of nitrogens with zero attached hydrogens (tertiary/aromatic N) is 4. The molecule has 1 atom stereocenters. The molecule has 2 aromatic rings. The van der Waals surface area contributed by atoms with E-state index in [-0.39, 0.29) is 30.7 Å². The maximum Gasteiger partial charge on any atom is 0.257 e. The summed E-state index contributed by atoms with van der Waals surface area (Å²) < 4.78 is 0. The predicted molar refractivity (Wildman–Crippen MR) is 118 cm³/mol. The summed E-state index contributed by atoms with van der Waals surface area (Å²) in [5.74, 6) is 0.515. The molecule has 0 aliphatic carbocycles. The summed E-state index contributed by atoms with van der Waals surface area (Å²) in [7, 11) is 3.81. The molecule has 8 nitrogen and oxygen atoms in total. The summed E-state index contributed by atoms with van der Waals surface area (Å²) in [5, 5.41) is 2.92. The molecule has 1 saturated heterocycles. The average molecular weight is 422 g/mol. The minimum absolute atomic E-state index is 0.00435. The van der Waals surface area contributed by atoms with Crippen LogP contribution in [0.4, 0.5) is 11.5 Å². The van der Waals surface area contributed by atoms with Gasteiger partial charge < -0.3 is 15.1 Å². The van der Waals surface area contributed by atoms with Gasteiger partial charge in [0.15, 0.2) is 0 Å². The van der Waals surface area contributed by atoms with Crippen LogP contribution in [-0.2, 0) is 16.1 Å². The van der Waals surface area contributed by atoms with E-state index in [4.69, 9.17) is 0 Å². The van der Waals surface area contributed by atoms with Crippen molar-refractivity contribution in [3.63, 3.8) is 0 Å². The van der Waals surface area contributed by atoms with Gasteiger partial charge in [0.05, 0.1) is 11.3 Å². The van der Waals surface area contributed by atoms with E-state index in [0.29, 0.717) is 30.6 Å². The fourth-order valence-corrected chi connectivity index (χ4v) is 4.51. The molecule has 8 heteroatoms. The van der Waals surface area contributed by atoms with Crippen molar-refractivity contribution in [1.82, 2.24) is 15.2 Å². The molecule has 4 rings (SSSR count). The lowest BCUT2D eigenvalue weighted by atomic mass is 9.98. The quantitative estimate of drug-likeness (QED) is 0.773. The molecule has 2 aliphatic heterocycles. The van der Waals surface area contributed by atoms with Gasteiger partial charge in [-0.05, 0) is 31.5 Å². The van der Waals surface area contributed by atoms with E-state index in [2.05, 4.69) is 10.3 Å². The van der Waals surface area contributed by atoms with Gasteiger partial charge in [-0.15, -0.1) is 0 Å². The Morgan fingerprint density at radius 1 is 1.19 bits per heavy atom. The molecule has 1 aromatic carbocycles. The summed E-state index contributed by atoms with van der Waals surface area (Å²) in [6, 6.07) is 10.9. The third kappa shape index (κ3) is 3.62. The van der Waals surface area contributed by atoms with Crippen molar-refractivity contribution in [2.45, 2.75) is 38.4 Å². The van der Waals surface area contributed by atoms with Crippen LogP contribution in [0.5, 0.6) is 0 Å². The van der Waals surface area contributed by atoms with Crippen LogP contribution >= 0.6 is 0 Å². The van der Waals surface area contributed by atoms with Crippen molar-refractivity contribution in [2.24, 2.45) is 0 Å². The largest absolute Gasteiger partial charge is 0.362 e. The number of benzene rings is 1. The number of hydrogen-bond donors (Lipinski definition) is 1. The Morgan fingerprint density at radius 3 is 2.74 bits per heavy atom. The highest BCUT2D eigenvalue weighted by molar-refractivity contribution is 6.10. The minimum Gasteiger partial charge on any atom is -0.362 e. The summed E-state index contributed by atoms with van der Waals surface area (Å²) in [4.78, 5) is 48.1. The van der Waals surface area contributed by atoms with Crippen LogP contribution < -0.4 is 15.1 Å². The highest BCUT2D eigenvalue weighted by Gasteiger charge is 2.52. The molecule has 0 saturated carbocycles. The number of fused-ring (bicyclic) bond motifs is 3. The molecule has 1 fully saturated rings. The Morgan fingerprint density at radius 2 is 1.97 bits per heavy atom. The normalized spacial score (nSPS) is 19.8. The van der Waals surface area contributed by atoms with E-state index in [1.807, 2.05) is 50.2 Å². The van der Waals surface area contributed by atoms with E-state index in [0.717, 1.165) is 11.4 Å². The molecular weight excluding hydrogens is 394 g/mol. The lowest BCUT2D eigenvalue weighted by Crippen LogP contribution is -2.62. The van der Waals surface area contributed by atoms with Gasteiger partial charge in [0.1, 0.15) is 11.5 Å². The van der Waals surface area contributed by atoms with Crippen molar-refractivity contribution in [3.05, 3.63) is 53.7 Å². The standard InChI is InChI=1S/C23H27N5O3/c1-23-12-10-20(30)28(23)18-9-5-4-8-17(18)22(31)27(23)14-11-19(29)25-15-16-7-6-13-24-21(16)26(2)3/h4-9,13H,10-12,14-15H2,1-3H3,(H,25,29). The first kappa shape index (κ1) is 20.8. The Bertz CT molecular complexity index is 1040. The van der Waals surface area contributed by atoms with Gasteiger partial charge in [0.25, 0.3) is 5.91 Å². The molecule has 0 radical (unpaired) electrons. The van der Waals surface area contributed by atoms with Crippen molar-refractivity contribution < 1.29 is 14.4 Å². The van der Waals surface area contributed by atoms with Gasteiger partial charge in [-0.3, -0.25) is 19.3 Å². The molecule has 3 amide bonds. The van der Waals surface area contributed by atoms with Crippen molar-refractivity contribution in [2.75, 3.05) is 30.4 Å². The third-order valence-electron chi connectivity index (χ3n) is 6.08. The second-order valence-electron chi connectivity index (χ2n) is 8.33. The first-order chi connectivity index (χ1) is 14.8. The first-order valence-corrected chi connectivity index (χ1v) is 10.4. The van der Waals surface area contributed by atoms with Crippen LogP contribution in [0.2, 0.25) is 0 Å². The third-order valence-corrected chi connectivity index (χ3v) is 6.08. The molecule has 1 aromatic heterocycles. The van der Waals surface area contributed by atoms with Gasteiger partial charge in [-0.1, -0.05) is 18.2 Å². The second-order valence-corrected chi connectivity index (χ2v) is 8.33. The molecule has 0 bridgehead atoms. The van der Waals surface area contributed by atoms with Gasteiger partial charge in [0, 0.05) is 51.8 Å². The van der Waals surface area contributed by atoms with Crippen LogP contribution in [0.25, 0.3) is 0 Å². The number of aromatic nitrogens is 1. The molecule has 162 valence electrons. The van der Waals surface area contributed by atoms with Crippen LogP contribution in [0.3, 0.4) is 0 Å².